The molecule has 2 aliphatic rings. The van der Waals surface area contributed by atoms with Gasteiger partial charge in [0.15, 0.2) is 5.79 Å². The van der Waals surface area contributed by atoms with E-state index in [1.165, 1.54) is 11.1 Å². The molecule has 1 aromatic rings. The van der Waals surface area contributed by atoms with Crippen LogP contribution in [0.3, 0.4) is 0 Å². The summed E-state index contributed by atoms with van der Waals surface area (Å²) in [6.45, 7) is 8.16. The average Bonchev–Trinajstić information content (AvgIpc) is 2.91. The number of hydrogen-bond acceptors (Lipinski definition) is 3. The van der Waals surface area contributed by atoms with E-state index in [1.54, 1.807) is 0 Å². The minimum atomic E-state index is -0.343. The van der Waals surface area contributed by atoms with Crippen LogP contribution in [0.15, 0.2) is 24.3 Å². The Labute approximate surface area is 140 Å². The van der Waals surface area contributed by atoms with Crippen molar-refractivity contribution in [1.82, 2.24) is 0 Å². The molecular formula is C18H28ClNO2. The topological polar surface area (TPSA) is 44.5 Å². The minimum Gasteiger partial charge on any atom is -0.348 e. The first-order chi connectivity index (χ1) is 9.83. The molecule has 0 unspecified atom stereocenters. The van der Waals surface area contributed by atoms with Crippen LogP contribution in [0.25, 0.3) is 0 Å². The number of halogens is 1. The van der Waals surface area contributed by atoms with E-state index >= 15 is 0 Å². The maximum absolute atomic E-state index is 6.73. The van der Waals surface area contributed by atoms with Crippen LogP contribution in [0, 0.1) is 0 Å². The third kappa shape index (κ3) is 3.33. The van der Waals surface area contributed by atoms with Crippen LogP contribution in [0.1, 0.15) is 57.6 Å². The Morgan fingerprint density at radius 1 is 1.00 bits per heavy atom. The molecule has 22 heavy (non-hydrogen) atoms. The van der Waals surface area contributed by atoms with Crippen LogP contribution >= 0.6 is 12.4 Å². The van der Waals surface area contributed by atoms with Gasteiger partial charge in [-0.2, -0.15) is 0 Å². The van der Waals surface area contributed by atoms with Crippen LogP contribution < -0.4 is 5.73 Å². The van der Waals surface area contributed by atoms with Gasteiger partial charge in [0.25, 0.3) is 0 Å². The highest BCUT2D eigenvalue weighted by Gasteiger charge is 2.45. The molecule has 1 saturated carbocycles. The fourth-order valence-electron chi connectivity index (χ4n) is 3.45. The Balaban J connectivity index is 0.00000176. The van der Waals surface area contributed by atoms with Gasteiger partial charge in [-0.3, -0.25) is 0 Å². The van der Waals surface area contributed by atoms with Gasteiger partial charge in [-0.15, -0.1) is 12.4 Å². The van der Waals surface area contributed by atoms with Gasteiger partial charge < -0.3 is 15.2 Å². The lowest BCUT2D eigenvalue weighted by molar-refractivity contribution is -0.185. The third-order valence-corrected chi connectivity index (χ3v) is 5.02. The summed E-state index contributed by atoms with van der Waals surface area (Å²) in [5, 5.41) is 0. The highest BCUT2D eigenvalue weighted by Crippen LogP contribution is 2.44. The summed E-state index contributed by atoms with van der Waals surface area (Å²) in [7, 11) is 0. The lowest BCUT2D eigenvalue weighted by Crippen LogP contribution is -2.47. The van der Waals surface area contributed by atoms with Crippen molar-refractivity contribution in [3.8, 4) is 0 Å². The van der Waals surface area contributed by atoms with Gasteiger partial charge in [0.2, 0.25) is 0 Å². The van der Waals surface area contributed by atoms with E-state index in [9.17, 15) is 0 Å². The van der Waals surface area contributed by atoms with Crippen molar-refractivity contribution in [3.05, 3.63) is 35.4 Å². The van der Waals surface area contributed by atoms with Gasteiger partial charge in [-0.25, -0.2) is 0 Å². The van der Waals surface area contributed by atoms with Crippen molar-refractivity contribution < 1.29 is 9.47 Å². The number of hydrogen-bond donors (Lipinski definition) is 1. The van der Waals surface area contributed by atoms with Gasteiger partial charge in [0.05, 0.1) is 13.2 Å². The molecule has 1 aliphatic heterocycles. The van der Waals surface area contributed by atoms with Crippen LogP contribution in [0.2, 0.25) is 0 Å². The van der Waals surface area contributed by atoms with Crippen LogP contribution in [-0.4, -0.2) is 19.0 Å². The molecule has 1 heterocycles. The third-order valence-electron chi connectivity index (χ3n) is 5.02. The SMILES string of the molecule is CC(C)(C)c1cccc(C2(N)CCC3(CC2)OCCO3)c1.Cl. The fraction of sp³-hybridized carbons (Fsp3) is 0.667. The first kappa shape index (κ1) is 17.7. The molecule has 1 aliphatic carbocycles. The summed E-state index contributed by atoms with van der Waals surface area (Å²) in [5.41, 5.74) is 9.24. The summed E-state index contributed by atoms with van der Waals surface area (Å²) in [6.07, 6.45) is 3.62. The second-order valence-corrected chi connectivity index (χ2v) is 7.59. The fourth-order valence-corrected chi connectivity index (χ4v) is 3.45. The van der Waals surface area contributed by atoms with E-state index in [1.807, 2.05) is 0 Å². The molecular weight excluding hydrogens is 298 g/mol. The number of rotatable bonds is 1. The maximum Gasteiger partial charge on any atom is 0.168 e. The molecule has 2 N–H and O–H groups in total. The summed E-state index contributed by atoms with van der Waals surface area (Å²) in [4.78, 5) is 0. The Morgan fingerprint density at radius 3 is 2.14 bits per heavy atom. The number of ether oxygens (including phenoxy) is 2. The summed E-state index contributed by atoms with van der Waals surface area (Å²) < 4.78 is 11.6. The van der Waals surface area contributed by atoms with E-state index in [4.69, 9.17) is 15.2 Å². The van der Waals surface area contributed by atoms with E-state index in [2.05, 4.69) is 45.0 Å². The van der Waals surface area contributed by atoms with Gasteiger partial charge >= 0.3 is 0 Å². The van der Waals surface area contributed by atoms with Gasteiger partial charge in [-0.1, -0.05) is 45.0 Å². The van der Waals surface area contributed by atoms with E-state index in [-0.39, 0.29) is 29.1 Å². The molecule has 2 fully saturated rings. The lowest BCUT2D eigenvalue weighted by atomic mass is 9.73. The Hall–Kier alpha value is -0.610. The van der Waals surface area contributed by atoms with Crippen LogP contribution in [0.5, 0.6) is 0 Å². The summed E-state index contributed by atoms with van der Waals surface area (Å²) >= 11 is 0. The Morgan fingerprint density at radius 2 is 1.59 bits per heavy atom. The molecule has 0 radical (unpaired) electrons. The van der Waals surface area contributed by atoms with Crippen molar-refractivity contribution >= 4 is 12.4 Å². The summed E-state index contributed by atoms with van der Waals surface area (Å²) in [5.74, 6) is -0.343. The standard InChI is InChI=1S/C18H27NO2.ClH/c1-16(2,3)14-5-4-6-15(13-14)17(19)7-9-18(10-8-17)20-11-12-21-18;/h4-6,13H,7-12,19H2,1-3H3;1H. The molecule has 3 rings (SSSR count). The van der Waals surface area contributed by atoms with Crippen molar-refractivity contribution in [1.29, 1.82) is 0 Å². The van der Waals surface area contributed by atoms with Crippen molar-refractivity contribution in [2.75, 3.05) is 13.2 Å². The highest BCUT2D eigenvalue weighted by atomic mass is 35.5. The molecule has 0 bridgehead atoms. The first-order valence-corrected chi connectivity index (χ1v) is 8.01. The highest BCUT2D eigenvalue weighted by molar-refractivity contribution is 5.85. The summed E-state index contributed by atoms with van der Waals surface area (Å²) in [6, 6.07) is 8.79. The molecule has 4 heteroatoms. The molecule has 1 saturated heterocycles. The lowest BCUT2D eigenvalue weighted by Gasteiger charge is -2.42. The molecule has 0 aromatic heterocycles. The number of nitrogens with two attached hydrogens (primary N) is 1. The zero-order valence-electron chi connectivity index (χ0n) is 13.9. The predicted molar refractivity (Wildman–Crippen MR) is 91.4 cm³/mol. The monoisotopic (exact) mass is 325 g/mol. The van der Waals surface area contributed by atoms with E-state index < -0.39 is 0 Å². The first-order valence-electron chi connectivity index (χ1n) is 8.01. The Bertz CT molecular complexity index is 508. The average molecular weight is 326 g/mol. The largest absolute Gasteiger partial charge is 0.348 e. The van der Waals surface area contributed by atoms with E-state index in [0.29, 0.717) is 0 Å². The van der Waals surface area contributed by atoms with E-state index in [0.717, 1.165) is 38.9 Å². The zero-order chi connectivity index (χ0) is 15.1. The smallest absolute Gasteiger partial charge is 0.168 e. The molecule has 124 valence electrons. The second-order valence-electron chi connectivity index (χ2n) is 7.59. The van der Waals surface area contributed by atoms with Crippen molar-refractivity contribution in [3.63, 3.8) is 0 Å². The van der Waals surface area contributed by atoms with Crippen LogP contribution in [0.4, 0.5) is 0 Å². The molecule has 3 nitrogen and oxygen atoms in total. The zero-order valence-corrected chi connectivity index (χ0v) is 14.7. The molecule has 0 amide bonds. The van der Waals surface area contributed by atoms with Gasteiger partial charge in [0, 0.05) is 18.4 Å². The Kier molecular flexibility index (Phi) is 4.94. The maximum atomic E-state index is 6.73. The number of benzene rings is 1. The van der Waals surface area contributed by atoms with Gasteiger partial charge in [0.1, 0.15) is 0 Å². The minimum absolute atomic E-state index is 0. The molecule has 1 spiro atoms. The second kappa shape index (κ2) is 6.12. The molecule has 1 aromatic carbocycles. The normalized spacial score (nSPS) is 23.3. The van der Waals surface area contributed by atoms with Crippen molar-refractivity contribution in [2.45, 2.75) is 63.2 Å². The predicted octanol–water partition coefficient (Wildman–Crippen LogP) is 3.88. The molecule has 0 atom stereocenters. The quantitative estimate of drug-likeness (QED) is 0.852. The van der Waals surface area contributed by atoms with Gasteiger partial charge in [-0.05, 0) is 29.4 Å². The van der Waals surface area contributed by atoms with Crippen LogP contribution in [-0.2, 0) is 20.4 Å². The van der Waals surface area contributed by atoms with Crippen molar-refractivity contribution in [2.24, 2.45) is 5.73 Å².